The van der Waals surface area contributed by atoms with Crippen LogP contribution < -0.4 is 10.6 Å². The zero-order valence-electron chi connectivity index (χ0n) is 13.1. The topological polar surface area (TPSA) is 75.4 Å². The van der Waals surface area contributed by atoms with Crippen LogP contribution in [0.1, 0.15) is 30.7 Å². The summed E-state index contributed by atoms with van der Waals surface area (Å²) in [5.41, 5.74) is 9.03. The van der Waals surface area contributed by atoms with Crippen LogP contribution in [0.3, 0.4) is 0 Å². The molecular weight excluding hydrogens is 254 g/mol. The van der Waals surface area contributed by atoms with Gasteiger partial charge in [0.15, 0.2) is 5.82 Å². The predicted molar refractivity (Wildman–Crippen MR) is 80.6 cm³/mol. The molecule has 0 unspecified atom stereocenters. The van der Waals surface area contributed by atoms with Gasteiger partial charge in [0, 0.05) is 33.3 Å². The van der Waals surface area contributed by atoms with Crippen LogP contribution in [-0.4, -0.2) is 48.7 Å². The summed E-state index contributed by atoms with van der Waals surface area (Å²) in [6.07, 6.45) is 1.71. The molecule has 0 radical (unpaired) electrons. The number of hydrogen-bond donors (Lipinski definition) is 1. The van der Waals surface area contributed by atoms with E-state index >= 15 is 0 Å². The first-order chi connectivity index (χ1) is 9.46. The van der Waals surface area contributed by atoms with Gasteiger partial charge >= 0.3 is 0 Å². The van der Waals surface area contributed by atoms with Crippen molar-refractivity contribution < 1.29 is 4.79 Å². The largest absolute Gasteiger partial charge is 0.349 e. The van der Waals surface area contributed by atoms with Gasteiger partial charge in [0.2, 0.25) is 5.91 Å². The predicted octanol–water partition coefficient (Wildman–Crippen LogP) is 0.585. The first kappa shape index (κ1) is 16.4. The number of carbonyl (C=O) groups is 1. The third-order valence-electron chi connectivity index (χ3n) is 3.37. The molecule has 0 aliphatic rings. The van der Waals surface area contributed by atoms with E-state index in [1.54, 1.807) is 19.0 Å². The Hall–Kier alpha value is -1.69. The summed E-state index contributed by atoms with van der Waals surface area (Å²) >= 11 is 0. The molecule has 0 bridgehead atoms. The standard InChI is InChI=1S/C14H25N5O/c1-6-10-11(8-15)14(17-16-12(10)7-2)19(5)9-13(20)18(3)4/h6-9,15H2,1-5H3. The second-order valence-electron chi connectivity index (χ2n) is 4.98. The molecule has 0 aliphatic carbocycles. The van der Waals surface area contributed by atoms with E-state index in [1.165, 1.54) is 0 Å². The highest BCUT2D eigenvalue weighted by molar-refractivity contribution is 5.80. The molecule has 0 saturated heterocycles. The van der Waals surface area contributed by atoms with Gasteiger partial charge in [-0.25, -0.2) is 0 Å². The lowest BCUT2D eigenvalue weighted by molar-refractivity contribution is -0.127. The second-order valence-corrected chi connectivity index (χ2v) is 4.98. The maximum absolute atomic E-state index is 11.8. The Morgan fingerprint density at radius 2 is 1.75 bits per heavy atom. The molecule has 6 heteroatoms. The van der Waals surface area contributed by atoms with E-state index in [2.05, 4.69) is 24.0 Å². The maximum atomic E-state index is 11.8. The second kappa shape index (κ2) is 7.19. The Labute approximate surface area is 121 Å². The number of carbonyl (C=O) groups excluding carboxylic acids is 1. The number of likely N-dealkylation sites (N-methyl/N-ethyl adjacent to an activating group) is 2. The molecular formula is C14H25N5O. The van der Waals surface area contributed by atoms with Crippen LogP contribution in [0.25, 0.3) is 0 Å². The van der Waals surface area contributed by atoms with E-state index < -0.39 is 0 Å². The smallest absolute Gasteiger partial charge is 0.241 e. The van der Waals surface area contributed by atoms with Crippen LogP contribution in [0.2, 0.25) is 0 Å². The van der Waals surface area contributed by atoms with Crippen LogP contribution in [0.5, 0.6) is 0 Å². The minimum Gasteiger partial charge on any atom is -0.349 e. The molecule has 1 heterocycles. The minimum atomic E-state index is 0.0230. The van der Waals surface area contributed by atoms with Gasteiger partial charge in [-0.15, -0.1) is 5.10 Å². The Balaban J connectivity index is 3.14. The van der Waals surface area contributed by atoms with Crippen molar-refractivity contribution in [2.24, 2.45) is 5.73 Å². The van der Waals surface area contributed by atoms with Crippen molar-refractivity contribution >= 4 is 11.7 Å². The van der Waals surface area contributed by atoms with Crippen molar-refractivity contribution in [2.75, 3.05) is 32.6 Å². The summed E-state index contributed by atoms with van der Waals surface area (Å²) in [6.45, 7) is 4.82. The number of aryl methyl sites for hydroxylation is 1. The number of nitrogens with zero attached hydrogens (tertiary/aromatic N) is 4. The first-order valence-electron chi connectivity index (χ1n) is 6.94. The zero-order chi connectivity index (χ0) is 15.3. The number of hydrogen-bond acceptors (Lipinski definition) is 5. The van der Waals surface area contributed by atoms with Gasteiger partial charge in [0.05, 0.1) is 12.2 Å². The molecule has 1 aromatic heterocycles. The fourth-order valence-corrected chi connectivity index (χ4v) is 2.18. The third-order valence-corrected chi connectivity index (χ3v) is 3.37. The van der Waals surface area contributed by atoms with Gasteiger partial charge in [-0.1, -0.05) is 13.8 Å². The highest BCUT2D eigenvalue weighted by Gasteiger charge is 2.18. The van der Waals surface area contributed by atoms with Crippen molar-refractivity contribution in [1.29, 1.82) is 0 Å². The molecule has 1 amide bonds. The summed E-state index contributed by atoms with van der Waals surface area (Å²) in [5.74, 6) is 0.728. The fraction of sp³-hybridized carbons (Fsp3) is 0.643. The summed E-state index contributed by atoms with van der Waals surface area (Å²) in [5, 5.41) is 8.54. The van der Waals surface area contributed by atoms with E-state index in [-0.39, 0.29) is 12.5 Å². The Bertz CT molecular complexity index is 473. The SMILES string of the molecule is CCc1nnc(N(C)CC(=O)N(C)C)c(CN)c1CC. The molecule has 6 nitrogen and oxygen atoms in total. The van der Waals surface area contributed by atoms with Gasteiger partial charge in [0.1, 0.15) is 0 Å². The number of anilines is 1. The number of nitrogens with two attached hydrogens (primary N) is 1. The van der Waals surface area contributed by atoms with Crippen LogP contribution in [-0.2, 0) is 24.2 Å². The van der Waals surface area contributed by atoms with Gasteiger partial charge < -0.3 is 15.5 Å². The molecule has 0 fully saturated rings. The monoisotopic (exact) mass is 279 g/mol. The summed E-state index contributed by atoms with van der Waals surface area (Å²) in [7, 11) is 5.32. The third kappa shape index (κ3) is 3.45. The number of amides is 1. The molecule has 0 aliphatic heterocycles. The molecule has 1 aromatic rings. The molecule has 112 valence electrons. The van der Waals surface area contributed by atoms with E-state index in [1.807, 2.05) is 11.9 Å². The molecule has 1 rings (SSSR count). The zero-order valence-corrected chi connectivity index (χ0v) is 13.1. The minimum absolute atomic E-state index is 0.0230. The molecule has 0 spiro atoms. The van der Waals surface area contributed by atoms with Crippen LogP contribution in [0.15, 0.2) is 0 Å². The maximum Gasteiger partial charge on any atom is 0.241 e. The lowest BCUT2D eigenvalue weighted by Gasteiger charge is -2.23. The van der Waals surface area contributed by atoms with Gasteiger partial charge in [-0.3, -0.25) is 4.79 Å². The highest BCUT2D eigenvalue weighted by atomic mass is 16.2. The highest BCUT2D eigenvalue weighted by Crippen LogP contribution is 2.22. The lowest BCUT2D eigenvalue weighted by Crippen LogP contribution is -2.35. The molecule has 0 saturated carbocycles. The van der Waals surface area contributed by atoms with Crippen LogP contribution in [0, 0.1) is 0 Å². The van der Waals surface area contributed by atoms with Crippen molar-refractivity contribution in [2.45, 2.75) is 33.2 Å². The fourth-order valence-electron chi connectivity index (χ4n) is 2.18. The Morgan fingerprint density at radius 1 is 1.10 bits per heavy atom. The average Bonchev–Trinajstić information content (AvgIpc) is 2.44. The molecule has 0 atom stereocenters. The summed E-state index contributed by atoms with van der Waals surface area (Å²) < 4.78 is 0. The van der Waals surface area contributed by atoms with E-state index in [0.29, 0.717) is 12.4 Å². The van der Waals surface area contributed by atoms with Gasteiger partial charge in [-0.05, 0) is 18.4 Å². The molecule has 0 aromatic carbocycles. The van der Waals surface area contributed by atoms with Crippen LogP contribution in [0.4, 0.5) is 5.82 Å². The van der Waals surface area contributed by atoms with Gasteiger partial charge in [-0.2, -0.15) is 5.10 Å². The first-order valence-corrected chi connectivity index (χ1v) is 6.94. The number of rotatable bonds is 6. The van der Waals surface area contributed by atoms with Gasteiger partial charge in [0.25, 0.3) is 0 Å². The Kier molecular flexibility index (Phi) is 5.88. The Morgan fingerprint density at radius 3 is 2.20 bits per heavy atom. The van der Waals surface area contributed by atoms with E-state index in [4.69, 9.17) is 5.73 Å². The molecule has 2 N–H and O–H groups in total. The lowest BCUT2D eigenvalue weighted by atomic mass is 10.0. The van der Waals surface area contributed by atoms with Crippen molar-refractivity contribution in [3.8, 4) is 0 Å². The van der Waals surface area contributed by atoms with Crippen molar-refractivity contribution in [3.63, 3.8) is 0 Å². The summed E-state index contributed by atoms with van der Waals surface area (Å²) in [6, 6.07) is 0. The molecule has 20 heavy (non-hydrogen) atoms. The van der Waals surface area contributed by atoms with Crippen molar-refractivity contribution in [3.05, 3.63) is 16.8 Å². The van der Waals surface area contributed by atoms with Crippen molar-refractivity contribution in [1.82, 2.24) is 15.1 Å². The summed E-state index contributed by atoms with van der Waals surface area (Å²) in [4.78, 5) is 15.2. The normalized spacial score (nSPS) is 10.5. The average molecular weight is 279 g/mol. The quantitative estimate of drug-likeness (QED) is 0.824. The van der Waals surface area contributed by atoms with E-state index in [9.17, 15) is 4.79 Å². The van der Waals surface area contributed by atoms with Crippen LogP contribution >= 0.6 is 0 Å². The van der Waals surface area contributed by atoms with E-state index in [0.717, 1.165) is 29.7 Å². The number of aromatic nitrogens is 2.